The number of anilines is 2. The van der Waals surface area contributed by atoms with Crippen LogP contribution >= 0.6 is 0 Å². The molecule has 7 nitrogen and oxygen atoms in total. The number of rotatable bonds is 6. The molecule has 4 N–H and O–H groups in total. The third-order valence-electron chi connectivity index (χ3n) is 6.78. The van der Waals surface area contributed by atoms with Gasteiger partial charge in [0.2, 0.25) is 0 Å². The Kier molecular flexibility index (Phi) is 7.85. The zero-order valence-corrected chi connectivity index (χ0v) is 21.6. The van der Waals surface area contributed by atoms with Crippen LogP contribution in [0.25, 0.3) is 33.2 Å². The summed E-state index contributed by atoms with van der Waals surface area (Å²) in [6.45, 7) is 3.03. The normalized spacial score (nSPS) is 14.0. The summed E-state index contributed by atoms with van der Waals surface area (Å²) in [4.78, 5) is 23.7. The molecule has 0 saturated carbocycles. The molecular weight excluding hydrogens is 526 g/mol. The molecule has 0 radical (unpaired) electrons. The van der Waals surface area contributed by atoms with E-state index in [2.05, 4.69) is 20.7 Å². The van der Waals surface area contributed by atoms with Gasteiger partial charge in [0, 0.05) is 54.0 Å². The number of fused-ring (bicyclic) bond motifs is 1. The molecule has 0 unspecified atom stereocenters. The Hall–Kier alpha value is -4.22. The number of amides is 2. The Morgan fingerprint density at radius 2 is 1.68 bits per heavy atom. The topological polar surface area (TPSA) is 92.5 Å². The van der Waals surface area contributed by atoms with Crippen molar-refractivity contribution in [3.05, 3.63) is 78.0 Å². The number of halogens is 4. The van der Waals surface area contributed by atoms with E-state index < -0.39 is 29.3 Å². The molecule has 1 saturated heterocycles. The first-order valence-corrected chi connectivity index (χ1v) is 12.8. The summed E-state index contributed by atoms with van der Waals surface area (Å²) in [6.07, 6.45) is 2.98. The fourth-order valence-electron chi connectivity index (χ4n) is 4.94. The molecule has 1 aliphatic rings. The maximum atomic E-state index is 14.9. The number of carbonyl (C=O) groups is 1. The van der Waals surface area contributed by atoms with Crippen molar-refractivity contribution in [2.75, 3.05) is 29.9 Å². The number of hydrogen-bond donors (Lipinski definition) is 3. The monoisotopic (exact) mass is 553 g/mol. The van der Waals surface area contributed by atoms with Crippen molar-refractivity contribution in [2.24, 2.45) is 5.73 Å². The summed E-state index contributed by atoms with van der Waals surface area (Å²) in [6, 6.07) is 9.25. The van der Waals surface area contributed by atoms with Gasteiger partial charge in [0.25, 0.3) is 0 Å². The van der Waals surface area contributed by atoms with Crippen LogP contribution in [0.15, 0.2) is 54.7 Å². The van der Waals surface area contributed by atoms with Crippen LogP contribution < -0.4 is 21.4 Å². The number of benzene rings is 3. The van der Waals surface area contributed by atoms with Gasteiger partial charge in [-0.05, 0) is 61.2 Å². The highest BCUT2D eigenvalue weighted by Crippen LogP contribution is 2.41. The average Bonchev–Trinajstić information content (AvgIpc) is 2.92. The summed E-state index contributed by atoms with van der Waals surface area (Å²) in [5.74, 6) is -3.27. The molecule has 40 heavy (non-hydrogen) atoms. The van der Waals surface area contributed by atoms with Crippen LogP contribution in [0.2, 0.25) is 0 Å². The van der Waals surface area contributed by atoms with Gasteiger partial charge >= 0.3 is 6.03 Å². The highest BCUT2D eigenvalue weighted by atomic mass is 19.1. The summed E-state index contributed by atoms with van der Waals surface area (Å²) in [7, 11) is 0. The minimum absolute atomic E-state index is 0.0294. The lowest BCUT2D eigenvalue weighted by Gasteiger charge is -2.34. The number of nitrogens with two attached hydrogens (primary N) is 1. The lowest BCUT2D eigenvalue weighted by atomic mass is 9.95. The van der Waals surface area contributed by atoms with Gasteiger partial charge in [-0.15, -0.1) is 0 Å². The number of pyridine rings is 1. The molecule has 0 atom stereocenters. The van der Waals surface area contributed by atoms with Crippen LogP contribution in [0.5, 0.6) is 0 Å². The maximum absolute atomic E-state index is 14.9. The van der Waals surface area contributed by atoms with Crippen molar-refractivity contribution >= 4 is 28.3 Å². The number of urea groups is 1. The molecule has 0 spiro atoms. The molecule has 1 aromatic heterocycles. The second-order valence-electron chi connectivity index (χ2n) is 9.53. The van der Waals surface area contributed by atoms with Crippen molar-refractivity contribution in [3.8, 4) is 22.3 Å². The summed E-state index contributed by atoms with van der Waals surface area (Å²) in [5.41, 5.74) is 10.5. The standard InChI is InChI=1S/C29H27F4N5O2/c1-2-40-37-29(39)36-27-22(13-20(32)14-25(27)33)16-3-4-26-23(11-16)28(38-7-5-21(34)6-8-38)24(15-35-26)17-9-18(30)12-19(31)10-17/h3-4,9-15,21H,2,5-8,34H2,1H3,(H2,36,37,39). The summed E-state index contributed by atoms with van der Waals surface area (Å²) < 4.78 is 57.8. The molecule has 3 aromatic carbocycles. The zero-order valence-electron chi connectivity index (χ0n) is 21.6. The molecule has 2 heterocycles. The lowest BCUT2D eigenvalue weighted by molar-refractivity contribution is 0.0758. The predicted molar refractivity (Wildman–Crippen MR) is 146 cm³/mol. The molecule has 0 bridgehead atoms. The second-order valence-corrected chi connectivity index (χ2v) is 9.53. The Labute approximate surface area is 227 Å². The van der Waals surface area contributed by atoms with E-state index in [0.29, 0.717) is 65.3 Å². The zero-order chi connectivity index (χ0) is 28.4. The van der Waals surface area contributed by atoms with Crippen LogP contribution in [-0.2, 0) is 4.84 Å². The first kappa shape index (κ1) is 27.4. The van der Waals surface area contributed by atoms with E-state index in [4.69, 9.17) is 10.6 Å². The van der Waals surface area contributed by atoms with Gasteiger partial charge in [0.05, 0.1) is 23.5 Å². The van der Waals surface area contributed by atoms with Crippen molar-refractivity contribution in [1.29, 1.82) is 0 Å². The number of aromatic nitrogens is 1. The van der Waals surface area contributed by atoms with Gasteiger partial charge in [-0.1, -0.05) is 6.07 Å². The third-order valence-corrected chi connectivity index (χ3v) is 6.78. The van der Waals surface area contributed by atoms with Crippen LogP contribution in [0, 0.1) is 23.3 Å². The van der Waals surface area contributed by atoms with Gasteiger partial charge in [0.1, 0.15) is 23.3 Å². The number of hydrogen-bond acceptors (Lipinski definition) is 5. The average molecular weight is 554 g/mol. The Bertz CT molecular complexity index is 1550. The number of hydroxylamine groups is 1. The van der Waals surface area contributed by atoms with Crippen LogP contribution in [0.4, 0.5) is 33.7 Å². The predicted octanol–water partition coefficient (Wildman–Crippen LogP) is 6.13. The van der Waals surface area contributed by atoms with E-state index >= 15 is 0 Å². The molecule has 2 amide bonds. The largest absolute Gasteiger partial charge is 0.370 e. The Balaban J connectivity index is 1.70. The van der Waals surface area contributed by atoms with E-state index in [1.807, 2.05) is 0 Å². The van der Waals surface area contributed by atoms with Crippen LogP contribution in [0.1, 0.15) is 19.8 Å². The molecule has 1 aliphatic heterocycles. The smallest absolute Gasteiger partial charge is 0.343 e. The highest BCUT2D eigenvalue weighted by molar-refractivity contribution is 6.03. The molecule has 11 heteroatoms. The second kappa shape index (κ2) is 11.5. The van der Waals surface area contributed by atoms with Gasteiger partial charge in [-0.2, -0.15) is 0 Å². The van der Waals surface area contributed by atoms with E-state index in [1.54, 1.807) is 31.3 Å². The lowest BCUT2D eigenvalue weighted by Crippen LogP contribution is -2.40. The molecule has 0 aliphatic carbocycles. The van der Waals surface area contributed by atoms with E-state index in [9.17, 15) is 22.4 Å². The van der Waals surface area contributed by atoms with Crippen LogP contribution in [0.3, 0.4) is 0 Å². The number of piperidine rings is 1. The van der Waals surface area contributed by atoms with Gasteiger partial charge < -0.3 is 16.0 Å². The number of carbonyl (C=O) groups excluding carboxylic acids is 1. The number of nitrogens with one attached hydrogen (secondary N) is 2. The van der Waals surface area contributed by atoms with Crippen molar-refractivity contribution in [2.45, 2.75) is 25.8 Å². The van der Waals surface area contributed by atoms with Crippen molar-refractivity contribution in [1.82, 2.24) is 10.5 Å². The molecule has 5 rings (SSSR count). The SMILES string of the molecule is CCONC(=O)Nc1c(F)cc(F)cc1-c1ccc2ncc(-c3cc(F)cc(F)c3)c(N3CCC(N)CC3)c2c1. The summed E-state index contributed by atoms with van der Waals surface area (Å²) >= 11 is 0. The van der Waals surface area contributed by atoms with Crippen LogP contribution in [-0.4, -0.2) is 36.8 Å². The Morgan fingerprint density at radius 3 is 2.38 bits per heavy atom. The quantitative estimate of drug-likeness (QED) is 0.198. The summed E-state index contributed by atoms with van der Waals surface area (Å²) in [5, 5.41) is 2.98. The van der Waals surface area contributed by atoms with E-state index in [-0.39, 0.29) is 23.9 Å². The number of nitrogens with zero attached hydrogens (tertiary/aromatic N) is 2. The van der Waals surface area contributed by atoms with Crippen molar-refractivity contribution in [3.63, 3.8) is 0 Å². The molecular formula is C29H27F4N5O2. The first-order chi connectivity index (χ1) is 19.2. The first-order valence-electron chi connectivity index (χ1n) is 12.8. The maximum Gasteiger partial charge on any atom is 0.343 e. The fourth-order valence-corrected chi connectivity index (χ4v) is 4.94. The van der Waals surface area contributed by atoms with Gasteiger partial charge in [-0.3, -0.25) is 9.82 Å². The molecule has 208 valence electrons. The fraction of sp³-hybridized carbons (Fsp3) is 0.241. The van der Waals surface area contributed by atoms with Gasteiger partial charge in [0.15, 0.2) is 0 Å². The van der Waals surface area contributed by atoms with E-state index in [1.165, 1.54) is 12.1 Å². The third kappa shape index (κ3) is 5.70. The van der Waals surface area contributed by atoms with Crippen molar-refractivity contribution < 1.29 is 27.2 Å². The highest BCUT2D eigenvalue weighted by Gasteiger charge is 2.24. The minimum atomic E-state index is -0.978. The Morgan fingerprint density at radius 1 is 0.975 bits per heavy atom. The van der Waals surface area contributed by atoms with Gasteiger partial charge in [-0.25, -0.2) is 27.8 Å². The molecule has 4 aromatic rings. The molecule has 1 fully saturated rings. The minimum Gasteiger partial charge on any atom is -0.370 e. The van der Waals surface area contributed by atoms with E-state index in [0.717, 1.165) is 12.1 Å².